The molecule has 1 saturated heterocycles. The highest BCUT2D eigenvalue weighted by molar-refractivity contribution is 6.32. The molecule has 0 spiro atoms. The van der Waals surface area contributed by atoms with Crippen molar-refractivity contribution in [3.8, 4) is 0 Å². The highest BCUT2D eigenvalue weighted by Crippen LogP contribution is 2.41. The van der Waals surface area contributed by atoms with Crippen molar-refractivity contribution in [1.82, 2.24) is 10.2 Å². The second-order valence-corrected chi connectivity index (χ2v) is 6.36. The smallest absolute Gasteiger partial charge is 0.288 e. The van der Waals surface area contributed by atoms with Crippen molar-refractivity contribution in [2.45, 2.75) is 25.3 Å². The van der Waals surface area contributed by atoms with Crippen molar-refractivity contribution in [1.29, 1.82) is 0 Å². The van der Waals surface area contributed by atoms with Crippen LogP contribution >= 0.6 is 36.4 Å². The van der Waals surface area contributed by atoms with Crippen LogP contribution in [0.4, 0.5) is 5.69 Å². The normalized spacial score (nSPS) is 19.3. The lowest BCUT2D eigenvalue weighted by atomic mass is 9.98. The summed E-state index contributed by atoms with van der Waals surface area (Å²) in [6.45, 7) is 3.95. The van der Waals surface area contributed by atoms with Crippen LogP contribution in [0.5, 0.6) is 0 Å². The maximum atomic E-state index is 11.1. The Bertz CT molecular complexity index is 535. The minimum absolute atomic E-state index is 0. The molecule has 2 aliphatic rings. The van der Waals surface area contributed by atoms with Gasteiger partial charge in [-0.1, -0.05) is 30.5 Å². The van der Waals surface area contributed by atoms with Crippen molar-refractivity contribution < 1.29 is 4.92 Å². The lowest BCUT2D eigenvalue weighted by Gasteiger charge is -2.35. The Morgan fingerprint density at radius 1 is 1.30 bits per heavy atom. The summed E-state index contributed by atoms with van der Waals surface area (Å²) in [6.07, 6.45) is 3.68. The molecule has 23 heavy (non-hydrogen) atoms. The fourth-order valence-electron chi connectivity index (χ4n) is 3.04. The van der Waals surface area contributed by atoms with Gasteiger partial charge in [0.05, 0.1) is 4.92 Å². The zero-order valence-corrected chi connectivity index (χ0v) is 15.1. The molecule has 5 nitrogen and oxygen atoms in total. The molecule has 0 radical (unpaired) electrons. The van der Waals surface area contributed by atoms with Crippen LogP contribution < -0.4 is 5.32 Å². The number of nitrogens with one attached hydrogen (secondary N) is 1. The molecular formula is C15H22Cl3N3O2. The molecule has 1 atom stereocenters. The molecule has 1 aromatic rings. The largest absolute Gasteiger partial charge is 0.314 e. The molecule has 3 rings (SSSR count). The number of nitrogens with zero attached hydrogens (tertiary/aromatic N) is 2. The third kappa shape index (κ3) is 5.19. The number of rotatable bonds is 5. The fourth-order valence-corrected chi connectivity index (χ4v) is 3.22. The van der Waals surface area contributed by atoms with E-state index in [2.05, 4.69) is 10.2 Å². The SMILES string of the molecule is Cl.Cl.O=[N+]([O-])c1cc([C@H](CC2CC2)N2CCNCC2)ccc1Cl. The maximum Gasteiger partial charge on any atom is 0.288 e. The second kappa shape index (κ2) is 9.04. The third-order valence-electron chi connectivity index (χ3n) is 4.40. The summed E-state index contributed by atoms with van der Waals surface area (Å²) in [5.74, 6) is 0.777. The fraction of sp³-hybridized carbons (Fsp3) is 0.600. The van der Waals surface area contributed by atoms with Gasteiger partial charge in [-0.15, -0.1) is 24.8 Å². The van der Waals surface area contributed by atoms with E-state index in [0.717, 1.165) is 44.1 Å². The molecule has 1 saturated carbocycles. The molecule has 0 unspecified atom stereocenters. The number of halogens is 3. The van der Waals surface area contributed by atoms with Gasteiger partial charge in [-0.3, -0.25) is 15.0 Å². The summed E-state index contributed by atoms with van der Waals surface area (Å²) >= 11 is 5.93. The van der Waals surface area contributed by atoms with E-state index in [4.69, 9.17) is 11.6 Å². The van der Waals surface area contributed by atoms with E-state index >= 15 is 0 Å². The van der Waals surface area contributed by atoms with Crippen LogP contribution in [0.15, 0.2) is 18.2 Å². The van der Waals surface area contributed by atoms with Crippen LogP contribution in [0.1, 0.15) is 30.9 Å². The predicted octanol–water partition coefficient (Wildman–Crippen LogP) is 3.84. The van der Waals surface area contributed by atoms with Gasteiger partial charge in [0.15, 0.2) is 0 Å². The molecule has 1 N–H and O–H groups in total. The topological polar surface area (TPSA) is 58.4 Å². The van der Waals surface area contributed by atoms with Crippen LogP contribution in [0.2, 0.25) is 5.02 Å². The maximum absolute atomic E-state index is 11.1. The Labute approximate surface area is 153 Å². The molecule has 2 fully saturated rings. The number of hydrogen-bond donors (Lipinski definition) is 1. The van der Waals surface area contributed by atoms with Gasteiger partial charge < -0.3 is 5.32 Å². The van der Waals surface area contributed by atoms with Crippen molar-refractivity contribution in [2.75, 3.05) is 26.2 Å². The standard InChI is InChI=1S/C15H20ClN3O2.2ClH/c16-13-4-3-12(10-15(13)19(20)21)14(9-11-1-2-11)18-7-5-17-6-8-18;;/h3-4,10-11,14,17H,1-2,5-9H2;2*1H/t14-;;/m0../s1. The monoisotopic (exact) mass is 381 g/mol. The van der Waals surface area contributed by atoms with Crippen LogP contribution in [0, 0.1) is 16.0 Å². The van der Waals surface area contributed by atoms with Crippen molar-refractivity contribution in [3.63, 3.8) is 0 Å². The minimum atomic E-state index is -0.391. The number of nitro benzene ring substituents is 1. The van der Waals surface area contributed by atoms with Gasteiger partial charge in [-0.2, -0.15) is 0 Å². The zero-order chi connectivity index (χ0) is 14.8. The van der Waals surface area contributed by atoms with E-state index in [9.17, 15) is 10.1 Å². The van der Waals surface area contributed by atoms with E-state index in [1.165, 1.54) is 12.8 Å². The Morgan fingerprint density at radius 2 is 1.96 bits per heavy atom. The van der Waals surface area contributed by atoms with Crippen molar-refractivity contribution >= 4 is 42.1 Å². The first-order valence-electron chi connectivity index (χ1n) is 7.54. The van der Waals surface area contributed by atoms with E-state index in [1.54, 1.807) is 12.1 Å². The molecule has 1 aliphatic heterocycles. The Balaban J connectivity index is 0.00000132. The van der Waals surface area contributed by atoms with E-state index in [-0.39, 0.29) is 41.6 Å². The van der Waals surface area contributed by atoms with Crippen LogP contribution in [-0.4, -0.2) is 36.0 Å². The van der Waals surface area contributed by atoms with Crippen molar-refractivity contribution in [2.24, 2.45) is 5.92 Å². The van der Waals surface area contributed by atoms with Crippen LogP contribution in [0.3, 0.4) is 0 Å². The second-order valence-electron chi connectivity index (χ2n) is 5.95. The molecule has 1 heterocycles. The molecule has 1 aromatic carbocycles. The Kier molecular flexibility index (Phi) is 8.04. The van der Waals surface area contributed by atoms with Gasteiger partial charge in [0.25, 0.3) is 5.69 Å². The van der Waals surface area contributed by atoms with Gasteiger partial charge >= 0.3 is 0 Å². The minimum Gasteiger partial charge on any atom is -0.314 e. The number of hydrogen-bond acceptors (Lipinski definition) is 4. The third-order valence-corrected chi connectivity index (χ3v) is 4.72. The summed E-state index contributed by atoms with van der Waals surface area (Å²) in [5, 5.41) is 14.7. The molecule has 0 bridgehead atoms. The van der Waals surface area contributed by atoms with Gasteiger partial charge in [0.1, 0.15) is 5.02 Å². The molecule has 8 heteroatoms. The first-order valence-corrected chi connectivity index (χ1v) is 7.91. The Morgan fingerprint density at radius 3 is 2.52 bits per heavy atom. The van der Waals surface area contributed by atoms with Crippen molar-refractivity contribution in [3.05, 3.63) is 38.9 Å². The molecular weight excluding hydrogens is 361 g/mol. The number of benzene rings is 1. The quantitative estimate of drug-likeness (QED) is 0.621. The molecule has 0 aromatic heterocycles. The summed E-state index contributed by atoms with van der Waals surface area (Å²) in [6, 6.07) is 5.55. The lowest BCUT2D eigenvalue weighted by Crippen LogP contribution is -2.45. The summed E-state index contributed by atoms with van der Waals surface area (Å²) < 4.78 is 0. The van der Waals surface area contributed by atoms with Gasteiger partial charge in [0.2, 0.25) is 0 Å². The highest BCUT2D eigenvalue weighted by Gasteiger charge is 2.31. The first kappa shape index (κ1) is 20.5. The average molecular weight is 383 g/mol. The van der Waals surface area contributed by atoms with Crippen LogP contribution in [-0.2, 0) is 0 Å². The first-order chi connectivity index (χ1) is 10.1. The predicted molar refractivity (Wildman–Crippen MR) is 97.1 cm³/mol. The molecule has 0 amide bonds. The summed E-state index contributed by atoms with van der Waals surface area (Å²) in [5.41, 5.74) is 1.05. The molecule has 130 valence electrons. The van der Waals surface area contributed by atoms with E-state index in [1.807, 2.05) is 6.07 Å². The summed E-state index contributed by atoms with van der Waals surface area (Å²) in [4.78, 5) is 13.2. The van der Waals surface area contributed by atoms with Gasteiger partial charge in [-0.25, -0.2) is 0 Å². The number of nitro groups is 1. The summed E-state index contributed by atoms with van der Waals surface area (Å²) in [7, 11) is 0. The van der Waals surface area contributed by atoms with Gasteiger partial charge in [-0.05, 0) is 24.0 Å². The van der Waals surface area contributed by atoms with Crippen LogP contribution in [0.25, 0.3) is 0 Å². The lowest BCUT2D eigenvalue weighted by molar-refractivity contribution is -0.384. The van der Waals surface area contributed by atoms with Gasteiger partial charge in [0, 0.05) is 38.3 Å². The average Bonchev–Trinajstić information content (AvgIpc) is 3.30. The number of piperazine rings is 1. The van der Waals surface area contributed by atoms with E-state index < -0.39 is 4.92 Å². The molecule has 1 aliphatic carbocycles. The van der Waals surface area contributed by atoms with E-state index in [0.29, 0.717) is 0 Å². The highest BCUT2D eigenvalue weighted by atomic mass is 35.5. The zero-order valence-electron chi connectivity index (χ0n) is 12.7. The Hall–Kier alpha value is -0.590.